The molecule has 0 aromatic rings. The van der Waals surface area contributed by atoms with Crippen molar-refractivity contribution in [3.05, 3.63) is 0 Å². The molecular formula is C14H29N3O2. The molecule has 112 valence electrons. The van der Waals surface area contributed by atoms with Crippen LogP contribution in [-0.2, 0) is 4.79 Å². The van der Waals surface area contributed by atoms with Crippen LogP contribution in [0.5, 0.6) is 0 Å². The lowest BCUT2D eigenvalue weighted by molar-refractivity contribution is -0.124. The maximum absolute atomic E-state index is 11.9. The molecule has 19 heavy (non-hydrogen) atoms. The quantitative estimate of drug-likeness (QED) is 0.652. The Labute approximate surface area is 116 Å². The highest BCUT2D eigenvalue weighted by Crippen LogP contribution is 2.07. The molecule has 2 atom stereocenters. The summed E-state index contributed by atoms with van der Waals surface area (Å²) in [6.45, 7) is 11.0. The SMILES string of the molecule is CC(NCC(O)CN1CCCC1)C(=O)NC(C)(C)C. The Balaban J connectivity index is 2.21. The van der Waals surface area contributed by atoms with E-state index in [1.54, 1.807) is 0 Å². The van der Waals surface area contributed by atoms with Crippen molar-refractivity contribution >= 4 is 5.91 Å². The number of nitrogens with zero attached hydrogens (tertiary/aromatic N) is 1. The number of β-amino-alcohol motifs (C(OH)–C–C–N with tert-alkyl or cyclic N) is 1. The molecule has 1 aliphatic heterocycles. The van der Waals surface area contributed by atoms with Crippen molar-refractivity contribution in [2.24, 2.45) is 0 Å². The van der Waals surface area contributed by atoms with E-state index in [2.05, 4.69) is 15.5 Å². The second-order valence-corrected chi connectivity index (χ2v) is 6.53. The van der Waals surface area contributed by atoms with Gasteiger partial charge in [0.25, 0.3) is 0 Å². The summed E-state index contributed by atoms with van der Waals surface area (Å²) < 4.78 is 0. The molecule has 0 bridgehead atoms. The van der Waals surface area contributed by atoms with Gasteiger partial charge < -0.3 is 20.6 Å². The standard InChI is InChI=1S/C14H29N3O2/c1-11(13(19)16-14(2,3)4)15-9-12(18)10-17-7-5-6-8-17/h11-12,15,18H,5-10H2,1-4H3,(H,16,19). The number of hydrogen-bond acceptors (Lipinski definition) is 4. The van der Waals surface area contributed by atoms with E-state index < -0.39 is 6.10 Å². The summed E-state index contributed by atoms with van der Waals surface area (Å²) in [5, 5.41) is 15.9. The first-order valence-corrected chi connectivity index (χ1v) is 7.24. The maximum atomic E-state index is 11.9. The lowest BCUT2D eigenvalue weighted by atomic mass is 10.1. The Hall–Kier alpha value is -0.650. The van der Waals surface area contributed by atoms with E-state index in [9.17, 15) is 9.90 Å². The molecule has 0 aromatic carbocycles. The zero-order valence-electron chi connectivity index (χ0n) is 12.7. The van der Waals surface area contributed by atoms with Crippen LogP contribution < -0.4 is 10.6 Å². The van der Waals surface area contributed by atoms with E-state index in [1.165, 1.54) is 12.8 Å². The molecule has 0 aliphatic carbocycles. The van der Waals surface area contributed by atoms with E-state index >= 15 is 0 Å². The summed E-state index contributed by atoms with van der Waals surface area (Å²) in [5.74, 6) is -0.0270. The van der Waals surface area contributed by atoms with Gasteiger partial charge in [0.15, 0.2) is 0 Å². The Bertz CT molecular complexity index is 283. The van der Waals surface area contributed by atoms with Crippen molar-refractivity contribution in [1.29, 1.82) is 0 Å². The summed E-state index contributed by atoms with van der Waals surface area (Å²) in [4.78, 5) is 14.1. The highest BCUT2D eigenvalue weighted by molar-refractivity contribution is 5.81. The first-order chi connectivity index (χ1) is 8.78. The molecule has 0 aromatic heterocycles. The average molecular weight is 271 g/mol. The van der Waals surface area contributed by atoms with Gasteiger partial charge in [-0.2, -0.15) is 0 Å². The number of nitrogens with one attached hydrogen (secondary N) is 2. The van der Waals surface area contributed by atoms with Gasteiger partial charge in [0, 0.05) is 18.6 Å². The third-order valence-electron chi connectivity index (χ3n) is 3.22. The monoisotopic (exact) mass is 271 g/mol. The molecule has 5 nitrogen and oxygen atoms in total. The summed E-state index contributed by atoms with van der Waals surface area (Å²) in [6.07, 6.45) is 2.04. The van der Waals surface area contributed by atoms with Gasteiger partial charge in [-0.1, -0.05) is 0 Å². The Morgan fingerprint density at radius 1 is 1.32 bits per heavy atom. The van der Waals surface area contributed by atoms with Crippen LogP contribution in [-0.4, -0.2) is 59.8 Å². The minimum absolute atomic E-state index is 0.0270. The smallest absolute Gasteiger partial charge is 0.237 e. The van der Waals surface area contributed by atoms with Crippen molar-refractivity contribution in [2.45, 2.75) is 58.2 Å². The second kappa shape index (κ2) is 7.22. The van der Waals surface area contributed by atoms with E-state index in [-0.39, 0.29) is 17.5 Å². The summed E-state index contributed by atoms with van der Waals surface area (Å²) >= 11 is 0. The van der Waals surface area contributed by atoms with Crippen LogP contribution in [0.3, 0.4) is 0 Å². The number of rotatable bonds is 6. The predicted octanol–water partition coefficient (Wildman–Crippen LogP) is 0.336. The first-order valence-electron chi connectivity index (χ1n) is 7.24. The predicted molar refractivity (Wildman–Crippen MR) is 77.0 cm³/mol. The average Bonchev–Trinajstić information content (AvgIpc) is 2.76. The molecule has 1 aliphatic rings. The largest absolute Gasteiger partial charge is 0.390 e. The molecule has 0 radical (unpaired) electrons. The minimum atomic E-state index is -0.414. The summed E-state index contributed by atoms with van der Waals surface area (Å²) in [7, 11) is 0. The number of amides is 1. The van der Waals surface area contributed by atoms with Crippen LogP contribution in [0.1, 0.15) is 40.5 Å². The number of hydrogen-bond donors (Lipinski definition) is 3. The van der Waals surface area contributed by atoms with Gasteiger partial charge >= 0.3 is 0 Å². The van der Waals surface area contributed by atoms with Gasteiger partial charge in [0.05, 0.1) is 12.1 Å². The Morgan fingerprint density at radius 3 is 2.42 bits per heavy atom. The molecule has 1 rings (SSSR count). The number of carbonyl (C=O) groups is 1. The Kier molecular flexibility index (Phi) is 6.23. The lowest BCUT2D eigenvalue weighted by Crippen LogP contribution is -2.51. The fourth-order valence-corrected chi connectivity index (χ4v) is 2.21. The number of aliphatic hydroxyl groups excluding tert-OH is 1. The van der Waals surface area contributed by atoms with E-state index in [0.717, 1.165) is 13.1 Å². The van der Waals surface area contributed by atoms with E-state index in [1.807, 2.05) is 27.7 Å². The molecule has 5 heteroatoms. The third-order valence-corrected chi connectivity index (χ3v) is 3.22. The normalized spacial score (nSPS) is 20.3. The molecule has 0 saturated carbocycles. The van der Waals surface area contributed by atoms with Crippen molar-refractivity contribution in [3.63, 3.8) is 0 Å². The zero-order chi connectivity index (χ0) is 14.5. The maximum Gasteiger partial charge on any atom is 0.237 e. The van der Waals surface area contributed by atoms with Crippen molar-refractivity contribution < 1.29 is 9.90 Å². The highest BCUT2D eigenvalue weighted by atomic mass is 16.3. The molecule has 3 N–H and O–H groups in total. The molecule has 1 saturated heterocycles. The van der Waals surface area contributed by atoms with Crippen LogP contribution in [0.2, 0.25) is 0 Å². The van der Waals surface area contributed by atoms with Gasteiger partial charge in [-0.15, -0.1) is 0 Å². The zero-order valence-corrected chi connectivity index (χ0v) is 12.7. The van der Waals surface area contributed by atoms with Gasteiger partial charge in [0.2, 0.25) is 5.91 Å². The molecule has 0 spiro atoms. The van der Waals surface area contributed by atoms with E-state index in [4.69, 9.17) is 0 Å². The van der Waals surface area contributed by atoms with Crippen LogP contribution in [0.25, 0.3) is 0 Å². The number of likely N-dealkylation sites (tertiary alicyclic amines) is 1. The molecule has 2 unspecified atom stereocenters. The van der Waals surface area contributed by atoms with Gasteiger partial charge in [-0.3, -0.25) is 4.79 Å². The van der Waals surface area contributed by atoms with Crippen molar-refractivity contribution in [1.82, 2.24) is 15.5 Å². The van der Waals surface area contributed by atoms with Crippen LogP contribution in [0.4, 0.5) is 0 Å². The van der Waals surface area contributed by atoms with Gasteiger partial charge in [-0.25, -0.2) is 0 Å². The van der Waals surface area contributed by atoms with Crippen molar-refractivity contribution in [3.8, 4) is 0 Å². The lowest BCUT2D eigenvalue weighted by Gasteiger charge is -2.25. The minimum Gasteiger partial charge on any atom is -0.390 e. The van der Waals surface area contributed by atoms with Crippen LogP contribution in [0.15, 0.2) is 0 Å². The molecule has 1 fully saturated rings. The number of aliphatic hydroxyl groups is 1. The summed E-state index contributed by atoms with van der Waals surface area (Å²) in [5.41, 5.74) is -0.221. The fraction of sp³-hybridized carbons (Fsp3) is 0.929. The molecular weight excluding hydrogens is 242 g/mol. The summed E-state index contributed by atoms with van der Waals surface area (Å²) in [6, 6.07) is -0.285. The second-order valence-electron chi connectivity index (χ2n) is 6.53. The van der Waals surface area contributed by atoms with E-state index in [0.29, 0.717) is 13.1 Å². The fourth-order valence-electron chi connectivity index (χ4n) is 2.21. The van der Waals surface area contributed by atoms with Gasteiger partial charge in [-0.05, 0) is 53.6 Å². The molecule has 1 heterocycles. The Morgan fingerprint density at radius 2 is 1.89 bits per heavy atom. The van der Waals surface area contributed by atoms with Crippen LogP contribution in [0, 0.1) is 0 Å². The van der Waals surface area contributed by atoms with Crippen molar-refractivity contribution in [2.75, 3.05) is 26.2 Å². The number of carbonyl (C=O) groups excluding carboxylic acids is 1. The first kappa shape index (κ1) is 16.4. The van der Waals surface area contributed by atoms with Gasteiger partial charge in [0.1, 0.15) is 0 Å². The highest BCUT2D eigenvalue weighted by Gasteiger charge is 2.20. The molecule has 1 amide bonds. The van der Waals surface area contributed by atoms with Crippen LogP contribution >= 0.6 is 0 Å². The third kappa shape index (κ3) is 6.89. The topological polar surface area (TPSA) is 64.6 Å².